The van der Waals surface area contributed by atoms with Crippen LogP contribution < -0.4 is 9.47 Å². The lowest BCUT2D eigenvalue weighted by Crippen LogP contribution is -2.49. The zero-order valence-electron chi connectivity index (χ0n) is 17.4. The van der Waals surface area contributed by atoms with Crippen molar-refractivity contribution < 1.29 is 23.8 Å². The summed E-state index contributed by atoms with van der Waals surface area (Å²) >= 11 is 2.91. The van der Waals surface area contributed by atoms with E-state index in [-0.39, 0.29) is 12.4 Å². The number of Topliss-reactive ketones (excluding diaryl/α,β-unsaturated/α-hetero) is 1. The van der Waals surface area contributed by atoms with Crippen LogP contribution in [0.2, 0.25) is 0 Å². The van der Waals surface area contributed by atoms with Crippen LogP contribution >= 0.6 is 22.7 Å². The van der Waals surface area contributed by atoms with E-state index in [2.05, 4.69) is 0 Å². The molecule has 1 aliphatic heterocycles. The number of benzene rings is 1. The van der Waals surface area contributed by atoms with Gasteiger partial charge in [0.2, 0.25) is 5.78 Å². The summed E-state index contributed by atoms with van der Waals surface area (Å²) in [7, 11) is 3.16. The van der Waals surface area contributed by atoms with E-state index in [1.54, 1.807) is 43.4 Å². The number of thiazole rings is 1. The van der Waals surface area contributed by atoms with E-state index >= 15 is 0 Å². The Labute approximate surface area is 188 Å². The quantitative estimate of drug-likeness (QED) is 0.391. The lowest BCUT2D eigenvalue weighted by Gasteiger charge is -2.32. The van der Waals surface area contributed by atoms with Crippen molar-refractivity contribution in [3.8, 4) is 21.4 Å². The van der Waals surface area contributed by atoms with Crippen LogP contribution in [0.4, 0.5) is 0 Å². The molecular weight excluding hydrogens is 436 g/mol. The molecule has 0 fully saturated rings. The second kappa shape index (κ2) is 9.17. The second-order valence-corrected chi connectivity index (χ2v) is 8.82. The largest absolute Gasteiger partial charge is 0.497 e. The normalized spacial score (nSPS) is 16.1. The predicted molar refractivity (Wildman–Crippen MR) is 119 cm³/mol. The van der Waals surface area contributed by atoms with Gasteiger partial charge in [0.25, 0.3) is 0 Å². The van der Waals surface area contributed by atoms with Crippen LogP contribution in [0.1, 0.15) is 27.9 Å². The third-order valence-electron chi connectivity index (χ3n) is 5.00. The van der Waals surface area contributed by atoms with Gasteiger partial charge in [-0.15, -0.1) is 22.7 Å². The summed E-state index contributed by atoms with van der Waals surface area (Å²) in [6.45, 7) is 2.63. The number of hydrogen-bond donors (Lipinski definition) is 0. The number of fused-ring (bicyclic) bond motifs is 1. The molecule has 9 heteroatoms. The molecule has 0 saturated heterocycles. The summed E-state index contributed by atoms with van der Waals surface area (Å²) in [6, 6.07) is 8.39. The van der Waals surface area contributed by atoms with Gasteiger partial charge in [0.1, 0.15) is 16.5 Å². The van der Waals surface area contributed by atoms with E-state index in [1.165, 1.54) is 11.3 Å². The maximum atomic E-state index is 13.4. The molecule has 0 radical (unpaired) electrons. The van der Waals surface area contributed by atoms with Crippen LogP contribution in [0.25, 0.3) is 9.88 Å². The van der Waals surface area contributed by atoms with E-state index in [0.717, 1.165) is 15.4 Å². The number of aromatic nitrogens is 1. The molecule has 2 aromatic heterocycles. The molecule has 0 N–H and O–H groups in total. The SMILES string of the molecule is CCOC(=O)C1C(=O)c2sc(-c3cccs3)nc2CN1Cc1ccc(OC)cc1OC. The fraction of sp³-hybridized carbons (Fsp3) is 0.318. The number of carbonyl (C=O) groups excluding carboxylic acids is 2. The second-order valence-electron chi connectivity index (χ2n) is 6.87. The molecule has 7 nitrogen and oxygen atoms in total. The van der Waals surface area contributed by atoms with E-state index in [9.17, 15) is 9.59 Å². The summed E-state index contributed by atoms with van der Waals surface area (Å²) in [6.07, 6.45) is 0. The molecule has 3 aromatic rings. The summed E-state index contributed by atoms with van der Waals surface area (Å²) in [4.78, 5) is 34.1. The fourth-order valence-corrected chi connectivity index (χ4v) is 5.39. The molecule has 0 saturated carbocycles. The summed E-state index contributed by atoms with van der Waals surface area (Å²) in [5, 5.41) is 2.76. The topological polar surface area (TPSA) is 78.0 Å². The smallest absolute Gasteiger partial charge is 0.331 e. The number of thiophene rings is 1. The van der Waals surface area contributed by atoms with Crippen LogP contribution in [-0.4, -0.2) is 48.5 Å². The molecule has 1 atom stereocenters. The van der Waals surface area contributed by atoms with Crippen LogP contribution in [0.5, 0.6) is 11.5 Å². The van der Waals surface area contributed by atoms with Gasteiger partial charge >= 0.3 is 5.97 Å². The Morgan fingerprint density at radius 3 is 2.77 bits per heavy atom. The first-order valence-electron chi connectivity index (χ1n) is 9.75. The Morgan fingerprint density at radius 1 is 1.26 bits per heavy atom. The Bertz CT molecular complexity index is 1090. The first-order valence-corrected chi connectivity index (χ1v) is 11.4. The van der Waals surface area contributed by atoms with Gasteiger partial charge in [-0.1, -0.05) is 12.1 Å². The van der Waals surface area contributed by atoms with Crippen LogP contribution in [-0.2, 0) is 22.6 Å². The van der Waals surface area contributed by atoms with Crippen molar-refractivity contribution in [2.45, 2.75) is 26.1 Å². The molecule has 0 aliphatic carbocycles. The average Bonchev–Trinajstić information content (AvgIpc) is 3.44. The van der Waals surface area contributed by atoms with Crippen LogP contribution in [0.3, 0.4) is 0 Å². The van der Waals surface area contributed by atoms with Crippen LogP contribution in [0.15, 0.2) is 35.7 Å². The van der Waals surface area contributed by atoms with Crippen molar-refractivity contribution in [2.75, 3.05) is 20.8 Å². The minimum atomic E-state index is -1.02. The molecule has 3 heterocycles. The summed E-state index contributed by atoms with van der Waals surface area (Å²) in [5.41, 5.74) is 1.52. The Hall–Kier alpha value is -2.75. The Balaban J connectivity index is 1.70. The van der Waals surface area contributed by atoms with E-state index in [0.29, 0.717) is 35.2 Å². The van der Waals surface area contributed by atoms with Gasteiger partial charge in [0.05, 0.1) is 36.3 Å². The Morgan fingerprint density at radius 2 is 2.10 bits per heavy atom. The minimum absolute atomic E-state index is 0.207. The van der Waals surface area contributed by atoms with Gasteiger partial charge in [-0.05, 0) is 24.4 Å². The number of hydrogen-bond acceptors (Lipinski definition) is 9. The minimum Gasteiger partial charge on any atom is -0.497 e. The zero-order valence-corrected chi connectivity index (χ0v) is 19.0. The molecule has 162 valence electrons. The number of methoxy groups -OCH3 is 2. The lowest BCUT2D eigenvalue weighted by molar-refractivity contribution is -0.148. The van der Waals surface area contributed by atoms with E-state index in [4.69, 9.17) is 19.2 Å². The number of nitrogens with zero attached hydrogens (tertiary/aromatic N) is 2. The first kappa shape index (κ1) is 21.5. The maximum Gasteiger partial charge on any atom is 0.331 e. The highest BCUT2D eigenvalue weighted by molar-refractivity contribution is 7.22. The lowest BCUT2D eigenvalue weighted by atomic mass is 10.0. The van der Waals surface area contributed by atoms with Crippen molar-refractivity contribution in [2.24, 2.45) is 0 Å². The maximum absolute atomic E-state index is 13.4. The monoisotopic (exact) mass is 458 g/mol. The van der Waals surface area contributed by atoms with Crippen molar-refractivity contribution in [1.82, 2.24) is 9.88 Å². The molecular formula is C22H22N2O5S2. The molecule has 0 bridgehead atoms. The third kappa shape index (κ3) is 4.21. The molecule has 0 spiro atoms. The third-order valence-corrected chi connectivity index (χ3v) is 7.15. The molecule has 4 rings (SSSR count). The highest BCUT2D eigenvalue weighted by Gasteiger charge is 2.42. The van der Waals surface area contributed by atoms with E-state index in [1.807, 2.05) is 29.6 Å². The van der Waals surface area contributed by atoms with Crippen molar-refractivity contribution >= 4 is 34.4 Å². The fourth-order valence-electron chi connectivity index (χ4n) is 3.56. The molecule has 0 amide bonds. The molecule has 31 heavy (non-hydrogen) atoms. The predicted octanol–water partition coefficient (Wildman–Crippen LogP) is 4.02. The number of ether oxygens (including phenoxy) is 3. The number of rotatable bonds is 7. The number of esters is 1. The zero-order chi connectivity index (χ0) is 22.0. The van der Waals surface area contributed by atoms with Gasteiger partial charge in [-0.25, -0.2) is 9.78 Å². The first-order chi connectivity index (χ1) is 15.0. The highest BCUT2D eigenvalue weighted by Crippen LogP contribution is 2.37. The van der Waals surface area contributed by atoms with E-state index < -0.39 is 12.0 Å². The van der Waals surface area contributed by atoms with Gasteiger partial charge in [0, 0.05) is 24.7 Å². The van der Waals surface area contributed by atoms with Crippen molar-refractivity contribution in [3.63, 3.8) is 0 Å². The Kier molecular flexibility index (Phi) is 6.35. The number of ketones is 1. The van der Waals surface area contributed by atoms with Gasteiger partial charge in [-0.3, -0.25) is 9.69 Å². The molecule has 1 aromatic carbocycles. The number of carbonyl (C=O) groups is 2. The molecule has 1 unspecified atom stereocenters. The standard InChI is InChI=1S/C22H22N2O5S2/c1-4-29-22(26)18-19(25)20-15(23-21(31-20)17-6-5-9-30-17)12-24(18)11-13-7-8-14(27-2)10-16(13)28-3/h5-10,18H,4,11-12H2,1-3H3. The van der Waals surface area contributed by atoms with Crippen LogP contribution in [0, 0.1) is 0 Å². The highest BCUT2D eigenvalue weighted by atomic mass is 32.1. The average molecular weight is 459 g/mol. The van der Waals surface area contributed by atoms with Crippen molar-refractivity contribution in [3.05, 3.63) is 51.8 Å². The molecule has 1 aliphatic rings. The van der Waals surface area contributed by atoms with Gasteiger partial charge < -0.3 is 14.2 Å². The van der Waals surface area contributed by atoms with Crippen molar-refractivity contribution in [1.29, 1.82) is 0 Å². The van der Waals surface area contributed by atoms with Gasteiger partial charge in [-0.2, -0.15) is 0 Å². The van der Waals surface area contributed by atoms with Gasteiger partial charge in [0.15, 0.2) is 6.04 Å². The summed E-state index contributed by atoms with van der Waals surface area (Å²) < 4.78 is 16.0. The summed E-state index contributed by atoms with van der Waals surface area (Å²) in [5.74, 6) is 0.474.